The molecule has 116 valence electrons. The number of aliphatic carboxylic acids is 1. The van der Waals surface area contributed by atoms with Gasteiger partial charge in [-0.3, -0.25) is 4.79 Å². The van der Waals surface area contributed by atoms with Crippen LogP contribution in [0.1, 0.15) is 39.2 Å². The molecule has 0 saturated carbocycles. The largest absolute Gasteiger partial charge is 0.481 e. The summed E-state index contributed by atoms with van der Waals surface area (Å²) in [5.41, 5.74) is -1.33. The normalized spacial score (nSPS) is 11.9. The number of aromatic nitrogens is 2. The fourth-order valence-corrected chi connectivity index (χ4v) is 1.53. The highest BCUT2D eigenvalue weighted by Gasteiger charge is 2.44. The van der Waals surface area contributed by atoms with E-state index in [1.165, 1.54) is 0 Å². The summed E-state index contributed by atoms with van der Waals surface area (Å²) in [6.07, 6.45) is 1.62. The molecule has 1 heterocycles. The molecule has 7 heteroatoms. The number of carbonyl (C=O) groups excluding carboxylic acids is 1. The number of urea groups is 1. The average Bonchev–Trinajstić information content (AvgIpc) is 2.35. The predicted molar refractivity (Wildman–Crippen MR) is 77.6 cm³/mol. The summed E-state index contributed by atoms with van der Waals surface area (Å²) >= 11 is 0. The van der Waals surface area contributed by atoms with Gasteiger partial charge in [0.1, 0.15) is 5.82 Å². The van der Waals surface area contributed by atoms with Crippen molar-refractivity contribution in [3.8, 4) is 0 Å². The van der Waals surface area contributed by atoms with Gasteiger partial charge in [-0.1, -0.05) is 0 Å². The molecule has 0 aromatic carbocycles. The Balaban J connectivity index is 2.63. The highest BCUT2D eigenvalue weighted by atomic mass is 16.4. The van der Waals surface area contributed by atoms with E-state index >= 15 is 0 Å². The van der Waals surface area contributed by atoms with Crippen molar-refractivity contribution >= 4 is 12.0 Å². The molecule has 0 radical (unpaired) electrons. The number of carboxylic acid groups (broad SMARTS) is 1. The van der Waals surface area contributed by atoms with Crippen molar-refractivity contribution in [2.24, 2.45) is 5.41 Å². The fourth-order valence-electron chi connectivity index (χ4n) is 1.53. The van der Waals surface area contributed by atoms with Gasteiger partial charge in [-0.25, -0.2) is 14.8 Å². The summed E-state index contributed by atoms with van der Waals surface area (Å²) in [6, 6.07) is 1.27. The average molecular weight is 294 g/mol. The molecule has 7 nitrogen and oxygen atoms in total. The van der Waals surface area contributed by atoms with Crippen molar-refractivity contribution in [3.05, 3.63) is 23.8 Å². The Morgan fingerprint density at radius 2 is 1.90 bits per heavy atom. The van der Waals surface area contributed by atoms with E-state index in [-0.39, 0.29) is 6.54 Å². The lowest BCUT2D eigenvalue weighted by atomic mass is 9.74. The van der Waals surface area contributed by atoms with Crippen LogP contribution < -0.4 is 10.6 Å². The highest BCUT2D eigenvalue weighted by Crippen LogP contribution is 2.30. The Morgan fingerprint density at radius 3 is 2.43 bits per heavy atom. The van der Waals surface area contributed by atoms with Gasteiger partial charge in [0.2, 0.25) is 0 Å². The van der Waals surface area contributed by atoms with Crippen LogP contribution in [0.15, 0.2) is 12.3 Å². The zero-order valence-corrected chi connectivity index (χ0v) is 13.0. The molecule has 2 amide bonds. The fraction of sp³-hybridized carbons (Fsp3) is 0.571. The first-order valence-electron chi connectivity index (χ1n) is 6.64. The minimum absolute atomic E-state index is 0.249. The van der Waals surface area contributed by atoms with Gasteiger partial charge in [0.25, 0.3) is 0 Å². The molecule has 0 spiro atoms. The molecule has 0 unspecified atom stereocenters. The second-order valence-corrected chi connectivity index (χ2v) is 5.96. The van der Waals surface area contributed by atoms with Crippen LogP contribution in [-0.2, 0) is 11.3 Å². The van der Waals surface area contributed by atoms with Gasteiger partial charge >= 0.3 is 12.0 Å². The standard InChI is InChI=1S/C14H22N4O3/c1-9-15-7-6-10(17-9)8-16-12(21)18-14(4,5)13(2,3)11(19)20/h6-7H,8H2,1-5H3,(H,19,20)(H2,16,18,21). The first kappa shape index (κ1) is 16.9. The second-order valence-electron chi connectivity index (χ2n) is 5.96. The Labute approximate surface area is 124 Å². The minimum atomic E-state index is -1.10. The molecule has 0 atom stereocenters. The maximum atomic E-state index is 11.9. The summed E-state index contributed by atoms with van der Waals surface area (Å²) < 4.78 is 0. The van der Waals surface area contributed by atoms with Crippen LogP contribution in [0.5, 0.6) is 0 Å². The third-order valence-electron chi connectivity index (χ3n) is 3.79. The number of carboxylic acids is 1. The van der Waals surface area contributed by atoms with Crippen LogP contribution in [0.4, 0.5) is 4.79 Å². The summed E-state index contributed by atoms with van der Waals surface area (Å²) in [5.74, 6) is -0.346. The summed E-state index contributed by atoms with van der Waals surface area (Å²) in [6.45, 7) is 8.51. The highest BCUT2D eigenvalue weighted by molar-refractivity contribution is 5.79. The van der Waals surface area contributed by atoms with Crippen molar-refractivity contribution in [1.29, 1.82) is 0 Å². The van der Waals surface area contributed by atoms with Gasteiger partial charge in [0.15, 0.2) is 0 Å². The number of nitrogens with one attached hydrogen (secondary N) is 2. The van der Waals surface area contributed by atoms with Gasteiger partial charge < -0.3 is 15.7 Å². The topological polar surface area (TPSA) is 104 Å². The lowest BCUT2D eigenvalue weighted by molar-refractivity contribution is -0.150. The SMILES string of the molecule is Cc1nccc(CNC(=O)NC(C)(C)C(C)(C)C(=O)O)n1. The van der Waals surface area contributed by atoms with E-state index < -0.39 is 23.0 Å². The molecule has 0 saturated heterocycles. The lowest BCUT2D eigenvalue weighted by Gasteiger charge is -2.38. The van der Waals surface area contributed by atoms with Gasteiger partial charge in [-0.15, -0.1) is 0 Å². The van der Waals surface area contributed by atoms with E-state index in [1.54, 1.807) is 46.9 Å². The van der Waals surface area contributed by atoms with Crippen molar-refractivity contribution in [3.63, 3.8) is 0 Å². The number of carbonyl (C=O) groups is 2. The smallest absolute Gasteiger partial charge is 0.315 e. The van der Waals surface area contributed by atoms with E-state index in [0.717, 1.165) is 0 Å². The first-order valence-corrected chi connectivity index (χ1v) is 6.64. The summed E-state index contributed by atoms with van der Waals surface area (Å²) in [4.78, 5) is 31.3. The van der Waals surface area contributed by atoms with Crippen LogP contribution >= 0.6 is 0 Å². The monoisotopic (exact) mass is 294 g/mol. The molecular formula is C14H22N4O3. The molecule has 0 aliphatic heterocycles. The van der Waals surface area contributed by atoms with Crippen LogP contribution in [0, 0.1) is 12.3 Å². The van der Waals surface area contributed by atoms with Crippen molar-refractivity contribution in [2.75, 3.05) is 0 Å². The van der Waals surface area contributed by atoms with E-state index in [2.05, 4.69) is 20.6 Å². The Hall–Kier alpha value is -2.18. The number of hydrogen-bond acceptors (Lipinski definition) is 4. The molecule has 1 rings (SSSR count). The first-order chi connectivity index (χ1) is 9.56. The lowest BCUT2D eigenvalue weighted by Crippen LogP contribution is -2.58. The number of rotatable bonds is 5. The Bertz CT molecular complexity index is 541. The molecule has 1 aromatic heterocycles. The zero-order chi connectivity index (χ0) is 16.3. The zero-order valence-electron chi connectivity index (χ0n) is 13.0. The number of hydrogen-bond donors (Lipinski definition) is 3. The third-order valence-corrected chi connectivity index (χ3v) is 3.79. The third kappa shape index (κ3) is 4.14. The maximum absolute atomic E-state index is 11.9. The van der Waals surface area contributed by atoms with Gasteiger partial charge in [0.05, 0.1) is 23.2 Å². The van der Waals surface area contributed by atoms with Crippen molar-refractivity contribution in [1.82, 2.24) is 20.6 Å². The predicted octanol–water partition coefficient (Wildman–Crippen LogP) is 1.47. The van der Waals surface area contributed by atoms with Crippen LogP contribution in [0.3, 0.4) is 0 Å². The molecule has 21 heavy (non-hydrogen) atoms. The van der Waals surface area contributed by atoms with E-state index in [9.17, 15) is 14.7 Å². The molecule has 0 aliphatic rings. The van der Waals surface area contributed by atoms with Crippen molar-refractivity contribution in [2.45, 2.75) is 46.7 Å². The number of nitrogens with zero attached hydrogens (tertiary/aromatic N) is 2. The molecule has 0 bridgehead atoms. The van der Waals surface area contributed by atoms with Crippen LogP contribution in [0.25, 0.3) is 0 Å². The molecule has 3 N–H and O–H groups in total. The molecule has 0 fully saturated rings. The van der Waals surface area contributed by atoms with Crippen LogP contribution in [-0.4, -0.2) is 32.6 Å². The Morgan fingerprint density at radius 1 is 1.29 bits per heavy atom. The molecule has 0 aliphatic carbocycles. The second kappa shape index (κ2) is 6.07. The Kier molecular flexibility index (Phi) is 4.88. The number of amides is 2. The maximum Gasteiger partial charge on any atom is 0.315 e. The van der Waals surface area contributed by atoms with E-state index in [4.69, 9.17) is 0 Å². The summed E-state index contributed by atoms with van der Waals surface area (Å²) in [7, 11) is 0. The summed E-state index contributed by atoms with van der Waals surface area (Å²) in [5, 5.41) is 14.6. The van der Waals surface area contributed by atoms with E-state index in [1.807, 2.05) is 0 Å². The quantitative estimate of drug-likeness (QED) is 0.763. The molecule has 1 aromatic rings. The van der Waals surface area contributed by atoms with Gasteiger partial charge in [-0.05, 0) is 40.7 Å². The van der Waals surface area contributed by atoms with Gasteiger partial charge in [0, 0.05) is 6.20 Å². The minimum Gasteiger partial charge on any atom is -0.481 e. The van der Waals surface area contributed by atoms with Crippen LogP contribution in [0.2, 0.25) is 0 Å². The van der Waals surface area contributed by atoms with Gasteiger partial charge in [-0.2, -0.15) is 0 Å². The number of aryl methyl sites for hydroxylation is 1. The van der Waals surface area contributed by atoms with Crippen molar-refractivity contribution < 1.29 is 14.7 Å². The molecular weight excluding hydrogens is 272 g/mol. The van der Waals surface area contributed by atoms with E-state index in [0.29, 0.717) is 11.5 Å².